The number of amides is 3. The van der Waals surface area contributed by atoms with Crippen LogP contribution in [-0.2, 0) is 14.4 Å². The van der Waals surface area contributed by atoms with Gasteiger partial charge in [-0.1, -0.05) is 27.7 Å². The molecule has 160 valence electrons. The summed E-state index contributed by atoms with van der Waals surface area (Å²) in [4.78, 5) is 39.1. The molecule has 0 aromatic carbocycles. The van der Waals surface area contributed by atoms with Crippen molar-refractivity contribution in [2.24, 2.45) is 17.8 Å². The zero-order valence-electron chi connectivity index (χ0n) is 17.9. The summed E-state index contributed by atoms with van der Waals surface area (Å²) >= 11 is 0. The fourth-order valence-electron chi connectivity index (χ4n) is 4.22. The Labute approximate surface area is 171 Å². The van der Waals surface area contributed by atoms with Crippen LogP contribution >= 0.6 is 0 Å². The topological polar surface area (TPSA) is 108 Å². The van der Waals surface area contributed by atoms with Crippen molar-refractivity contribution in [1.82, 2.24) is 25.3 Å². The van der Waals surface area contributed by atoms with Crippen LogP contribution in [0.25, 0.3) is 0 Å². The SMILES string of the molecule is Cc1cc(NC(=O)C(=O)N2CC(C)CC(C)C2)n(C2NC(=O)CC(C(C)C)N2)n1. The monoisotopic (exact) mass is 404 g/mol. The van der Waals surface area contributed by atoms with Crippen LogP contribution in [0, 0.1) is 24.7 Å². The van der Waals surface area contributed by atoms with Crippen LogP contribution in [0.3, 0.4) is 0 Å². The summed E-state index contributed by atoms with van der Waals surface area (Å²) in [6, 6.07) is 1.69. The van der Waals surface area contributed by atoms with Crippen molar-refractivity contribution < 1.29 is 14.4 Å². The highest BCUT2D eigenvalue weighted by molar-refractivity contribution is 6.39. The predicted octanol–water partition coefficient (Wildman–Crippen LogP) is 1.22. The smallest absolute Gasteiger partial charge is 0.315 e. The fraction of sp³-hybridized carbons (Fsp3) is 0.700. The van der Waals surface area contributed by atoms with E-state index in [-0.39, 0.29) is 17.9 Å². The molecule has 2 aliphatic rings. The highest BCUT2D eigenvalue weighted by atomic mass is 16.2. The third-order valence-electron chi connectivity index (χ3n) is 5.57. The molecule has 1 aromatic rings. The number of carbonyl (C=O) groups excluding carboxylic acids is 3. The molecule has 0 bridgehead atoms. The Kier molecular flexibility index (Phi) is 6.26. The standard InChI is InChI=1S/C20H32N6O3/c1-11(2)15-8-17(27)23-20(21-15)26-16(7-14(5)24-26)22-18(28)19(29)25-9-12(3)6-13(4)10-25/h7,11-13,15,20-21H,6,8-10H2,1-5H3,(H,22,28)(H,23,27). The summed E-state index contributed by atoms with van der Waals surface area (Å²) in [6.07, 6.45) is 0.860. The van der Waals surface area contributed by atoms with Gasteiger partial charge in [0.1, 0.15) is 5.82 Å². The summed E-state index contributed by atoms with van der Waals surface area (Å²) in [7, 11) is 0. The molecule has 2 aliphatic heterocycles. The number of rotatable bonds is 3. The van der Waals surface area contributed by atoms with Gasteiger partial charge in [-0.2, -0.15) is 5.10 Å². The van der Waals surface area contributed by atoms with E-state index in [0.29, 0.717) is 42.9 Å². The summed E-state index contributed by atoms with van der Waals surface area (Å²) < 4.78 is 1.52. The molecule has 3 rings (SSSR count). The molecular weight excluding hydrogens is 372 g/mol. The first-order valence-electron chi connectivity index (χ1n) is 10.4. The Bertz CT molecular complexity index is 779. The third-order valence-corrected chi connectivity index (χ3v) is 5.57. The highest BCUT2D eigenvalue weighted by Crippen LogP contribution is 2.22. The minimum Gasteiger partial charge on any atom is -0.334 e. The molecule has 3 N–H and O–H groups in total. The molecule has 2 fully saturated rings. The molecule has 29 heavy (non-hydrogen) atoms. The quantitative estimate of drug-likeness (QED) is 0.657. The van der Waals surface area contributed by atoms with Crippen molar-refractivity contribution in [3.8, 4) is 0 Å². The number of likely N-dealkylation sites (tertiary alicyclic amines) is 1. The number of aromatic nitrogens is 2. The van der Waals surface area contributed by atoms with Crippen molar-refractivity contribution in [3.05, 3.63) is 11.8 Å². The van der Waals surface area contributed by atoms with Crippen LogP contribution < -0.4 is 16.0 Å². The maximum Gasteiger partial charge on any atom is 0.315 e. The summed E-state index contributed by atoms with van der Waals surface area (Å²) in [6.45, 7) is 11.2. The Morgan fingerprint density at radius 2 is 1.90 bits per heavy atom. The Morgan fingerprint density at radius 1 is 1.24 bits per heavy atom. The molecule has 9 nitrogen and oxygen atoms in total. The molecule has 2 saturated heterocycles. The number of hydrogen-bond acceptors (Lipinski definition) is 5. The second-order valence-corrected chi connectivity index (χ2v) is 8.92. The van der Waals surface area contributed by atoms with Crippen LogP contribution in [0.15, 0.2) is 6.07 Å². The molecule has 4 atom stereocenters. The molecule has 0 aliphatic carbocycles. The van der Waals surface area contributed by atoms with Gasteiger partial charge >= 0.3 is 11.8 Å². The molecule has 3 amide bonds. The van der Waals surface area contributed by atoms with E-state index in [4.69, 9.17) is 0 Å². The fourth-order valence-corrected chi connectivity index (χ4v) is 4.22. The van der Waals surface area contributed by atoms with Crippen molar-refractivity contribution >= 4 is 23.5 Å². The van der Waals surface area contributed by atoms with Gasteiger partial charge in [0.05, 0.1) is 5.69 Å². The van der Waals surface area contributed by atoms with Gasteiger partial charge in [0.25, 0.3) is 0 Å². The zero-order valence-corrected chi connectivity index (χ0v) is 17.9. The van der Waals surface area contributed by atoms with Gasteiger partial charge in [-0.3, -0.25) is 19.7 Å². The number of carbonyl (C=O) groups is 3. The van der Waals surface area contributed by atoms with E-state index in [0.717, 1.165) is 6.42 Å². The van der Waals surface area contributed by atoms with E-state index in [9.17, 15) is 14.4 Å². The first kappa shape index (κ1) is 21.3. The van der Waals surface area contributed by atoms with Gasteiger partial charge < -0.3 is 15.5 Å². The zero-order chi connectivity index (χ0) is 21.3. The number of hydrogen-bond donors (Lipinski definition) is 3. The molecule has 1 aromatic heterocycles. The van der Waals surface area contributed by atoms with E-state index in [1.807, 2.05) is 13.8 Å². The molecule has 0 saturated carbocycles. The number of nitrogens with one attached hydrogen (secondary N) is 3. The van der Waals surface area contributed by atoms with Gasteiger partial charge in [0.15, 0.2) is 6.29 Å². The molecule has 0 spiro atoms. The van der Waals surface area contributed by atoms with E-state index in [1.54, 1.807) is 17.9 Å². The minimum atomic E-state index is -0.685. The molecule has 3 heterocycles. The highest BCUT2D eigenvalue weighted by Gasteiger charge is 2.32. The maximum atomic E-state index is 12.7. The largest absolute Gasteiger partial charge is 0.334 e. The van der Waals surface area contributed by atoms with Gasteiger partial charge in [0, 0.05) is 31.6 Å². The van der Waals surface area contributed by atoms with Gasteiger partial charge in [-0.15, -0.1) is 0 Å². The number of aryl methyl sites for hydroxylation is 1. The molecular formula is C20H32N6O3. The molecule has 4 unspecified atom stereocenters. The van der Waals surface area contributed by atoms with Crippen LogP contribution in [0.1, 0.15) is 52.5 Å². The normalized spacial score (nSPS) is 27.7. The van der Waals surface area contributed by atoms with Crippen molar-refractivity contribution in [2.75, 3.05) is 18.4 Å². The number of anilines is 1. The Hall–Kier alpha value is -2.42. The van der Waals surface area contributed by atoms with Crippen LogP contribution in [-0.4, -0.2) is 51.5 Å². The predicted molar refractivity (Wildman–Crippen MR) is 109 cm³/mol. The lowest BCUT2D eigenvalue weighted by Crippen LogP contribution is -2.55. The van der Waals surface area contributed by atoms with Crippen LogP contribution in [0.4, 0.5) is 5.82 Å². The Morgan fingerprint density at radius 3 is 2.52 bits per heavy atom. The van der Waals surface area contributed by atoms with E-state index >= 15 is 0 Å². The molecule has 9 heteroatoms. The van der Waals surface area contributed by atoms with Crippen LogP contribution in [0.5, 0.6) is 0 Å². The van der Waals surface area contributed by atoms with Gasteiger partial charge in [-0.05, 0) is 31.1 Å². The number of nitrogens with zero attached hydrogens (tertiary/aromatic N) is 3. The molecule has 0 radical (unpaired) electrons. The van der Waals surface area contributed by atoms with E-state index < -0.39 is 18.1 Å². The second-order valence-electron chi connectivity index (χ2n) is 8.92. The lowest BCUT2D eigenvalue weighted by atomic mass is 9.92. The first-order valence-corrected chi connectivity index (χ1v) is 10.4. The van der Waals surface area contributed by atoms with E-state index in [1.165, 1.54) is 4.68 Å². The average Bonchev–Trinajstić information content (AvgIpc) is 2.99. The summed E-state index contributed by atoms with van der Waals surface area (Å²) in [5.74, 6) is 0.0922. The first-order chi connectivity index (χ1) is 13.6. The van der Waals surface area contributed by atoms with Crippen molar-refractivity contribution in [1.29, 1.82) is 0 Å². The number of piperidine rings is 1. The van der Waals surface area contributed by atoms with E-state index in [2.05, 4.69) is 34.9 Å². The lowest BCUT2D eigenvalue weighted by Gasteiger charge is -2.35. The van der Waals surface area contributed by atoms with Crippen molar-refractivity contribution in [2.45, 2.75) is 59.8 Å². The van der Waals surface area contributed by atoms with Gasteiger partial charge in [0.2, 0.25) is 5.91 Å². The Balaban J connectivity index is 1.74. The lowest BCUT2D eigenvalue weighted by molar-refractivity contribution is -0.145. The van der Waals surface area contributed by atoms with Crippen molar-refractivity contribution in [3.63, 3.8) is 0 Å². The maximum absolute atomic E-state index is 12.7. The summed E-state index contributed by atoms with van der Waals surface area (Å²) in [5, 5.41) is 13.3. The second kappa shape index (κ2) is 8.52. The average molecular weight is 405 g/mol. The minimum absolute atomic E-state index is 0.000218. The van der Waals surface area contributed by atoms with Crippen LogP contribution in [0.2, 0.25) is 0 Å². The van der Waals surface area contributed by atoms with Gasteiger partial charge in [-0.25, -0.2) is 4.68 Å². The third kappa shape index (κ3) is 4.95. The summed E-state index contributed by atoms with van der Waals surface area (Å²) in [5.41, 5.74) is 0.677.